The average molecular weight is 311 g/mol. The molecule has 2 rings (SSSR count). The molecule has 0 radical (unpaired) electrons. The number of hydrogen-bond donors (Lipinski definition) is 1. The molecule has 2 atom stereocenters. The van der Waals surface area contributed by atoms with Crippen molar-refractivity contribution in [3.8, 4) is 0 Å². The van der Waals surface area contributed by atoms with Crippen molar-refractivity contribution in [2.75, 3.05) is 5.75 Å². The van der Waals surface area contributed by atoms with Gasteiger partial charge in [0.15, 0.2) is 5.16 Å². The summed E-state index contributed by atoms with van der Waals surface area (Å²) in [6, 6.07) is 0. The third-order valence-electron chi connectivity index (χ3n) is 4.07. The van der Waals surface area contributed by atoms with Crippen LogP contribution in [-0.4, -0.2) is 31.6 Å². The van der Waals surface area contributed by atoms with Crippen LogP contribution in [0.15, 0.2) is 5.16 Å². The molecule has 1 aliphatic carbocycles. The maximum absolute atomic E-state index is 10.8. The van der Waals surface area contributed by atoms with Crippen LogP contribution in [0, 0.1) is 11.8 Å². The highest BCUT2D eigenvalue weighted by molar-refractivity contribution is 7.99. The Morgan fingerprint density at radius 2 is 2.19 bits per heavy atom. The first kappa shape index (κ1) is 16.3. The lowest BCUT2D eigenvalue weighted by atomic mass is 9.82. The Morgan fingerprint density at radius 1 is 1.43 bits per heavy atom. The molecular weight excluding hydrogens is 286 g/mol. The number of aliphatic carboxylic acids is 1. The molecule has 1 aromatic heterocycles. The minimum Gasteiger partial charge on any atom is -0.481 e. The lowest BCUT2D eigenvalue weighted by molar-refractivity contribution is -0.133. The quantitative estimate of drug-likeness (QED) is 0.815. The molecule has 6 heteroatoms. The molecule has 2 unspecified atom stereocenters. The second kappa shape index (κ2) is 7.29. The predicted octanol–water partition coefficient (Wildman–Crippen LogP) is 3.40. The van der Waals surface area contributed by atoms with E-state index in [4.69, 9.17) is 5.11 Å². The minimum absolute atomic E-state index is 0.0390. The normalized spacial score (nSPS) is 22.7. The molecule has 1 fully saturated rings. The standard InChI is InChI=1S/C15H25N3O2S/c1-10(2)14-16-17-15(21-9-13(19)20)18(14)8-12-6-4-5-11(3)7-12/h10-12H,4-9H2,1-3H3,(H,19,20). The fourth-order valence-corrected chi connectivity index (χ4v) is 3.79. The summed E-state index contributed by atoms with van der Waals surface area (Å²) in [6.45, 7) is 7.46. The number of aromatic nitrogens is 3. The highest BCUT2D eigenvalue weighted by Gasteiger charge is 2.23. The van der Waals surface area contributed by atoms with Gasteiger partial charge < -0.3 is 9.67 Å². The smallest absolute Gasteiger partial charge is 0.313 e. The summed E-state index contributed by atoms with van der Waals surface area (Å²) in [5.74, 6) is 1.95. The van der Waals surface area contributed by atoms with E-state index in [-0.39, 0.29) is 5.75 Å². The maximum atomic E-state index is 10.8. The lowest BCUT2D eigenvalue weighted by Crippen LogP contribution is -2.20. The Labute approximate surface area is 130 Å². The summed E-state index contributed by atoms with van der Waals surface area (Å²) in [6.07, 6.45) is 5.13. The summed E-state index contributed by atoms with van der Waals surface area (Å²) >= 11 is 1.27. The number of nitrogens with zero attached hydrogens (tertiary/aromatic N) is 3. The zero-order valence-electron chi connectivity index (χ0n) is 13.1. The third-order valence-corrected chi connectivity index (χ3v) is 5.02. The molecule has 0 aromatic carbocycles. The largest absolute Gasteiger partial charge is 0.481 e. The molecule has 1 aromatic rings. The second-order valence-electron chi connectivity index (χ2n) is 6.43. The number of thioether (sulfide) groups is 1. The molecule has 1 heterocycles. The van der Waals surface area contributed by atoms with E-state index < -0.39 is 5.97 Å². The number of hydrogen-bond acceptors (Lipinski definition) is 4. The van der Waals surface area contributed by atoms with Gasteiger partial charge in [0, 0.05) is 12.5 Å². The van der Waals surface area contributed by atoms with Gasteiger partial charge in [-0.15, -0.1) is 10.2 Å². The third kappa shape index (κ3) is 4.46. The van der Waals surface area contributed by atoms with E-state index in [9.17, 15) is 4.79 Å². The van der Waals surface area contributed by atoms with E-state index in [0.717, 1.165) is 23.4 Å². The Bertz CT molecular complexity index is 487. The van der Waals surface area contributed by atoms with Crippen LogP contribution < -0.4 is 0 Å². The number of carboxylic acid groups (broad SMARTS) is 1. The summed E-state index contributed by atoms with van der Waals surface area (Å²) < 4.78 is 2.15. The van der Waals surface area contributed by atoms with Gasteiger partial charge in [0.05, 0.1) is 5.75 Å². The highest BCUT2D eigenvalue weighted by Crippen LogP contribution is 2.32. The number of rotatable bonds is 6. The fourth-order valence-electron chi connectivity index (χ4n) is 3.12. The Kier molecular flexibility index (Phi) is 5.67. The van der Waals surface area contributed by atoms with E-state index in [1.807, 2.05) is 0 Å². The van der Waals surface area contributed by atoms with Gasteiger partial charge in [-0.05, 0) is 24.7 Å². The van der Waals surface area contributed by atoms with Crippen LogP contribution in [0.2, 0.25) is 0 Å². The van der Waals surface area contributed by atoms with E-state index in [0.29, 0.717) is 11.8 Å². The second-order valence-corrected chi connectivity index (χ2v) is 7.37. The summed E-state index contributed by atoms with van der Waals surface area (Å²) in [7, 11) is 0. The van der Waals surface area contributed by atoms with Crippen molar-refractivity contribution in [2.24, 2.45) is 11.8 Å². The first-order chi connectivity index (χ1) is 9.97. The molecule has 0 spiro atoms. The topological polar surface area (TPSA) is 68.0 Å². The Hall–Kier alpha value is -1.04. The number of carbonyl (C=O) groups is 1. The first-order valence-electron chi connectivity index (χ1n) is 7.75. The molecule has 118 valence electrons. The molecule has 0 saturated heterocycles. The van der Waals surface area contributed by atoms with Gasteiger partial charge in [0.1, 0.15) is 5.82 Å². The molecule has 21 heavy (non-hydrogen) atoms. The predicted molar refractivity (Wildman–Crippen MR) is 83.6 cm³/mol. The van der Waals surface area contributed by atoms with Gasteiger partial charge in [0.25, 0.3) is 0 Å². The van der Waals surface area contributed by atoms with Crippen LogP contribution in [0.4, 0.5) is 0 Å². The van der Waals surface area contributed by atoms with Crippen LogP contribution in [0.25, 0.3) is 0 Å². The highest BCUT2D eigenvalue weighted by atomic mass is 32.2. The van der Waals surface area contributed by atoms with Gasteiger partial charge in [0.2, 0.25) is 0 Å². The van der Waals surface area contributed by atoms with Crippen molar-refractivity contribution >= 4 is 17.7 Å². The zero-order chi connectivity index (χ0) is 15.4. The van der Waals surface area contributed by atoms with Crippen molar-refractivity contribution in [3.63, 3.8) is 0 Å². The maximum Gasteiger partial charge on any atom is 0.313 e. The van der Waals surface area contributed by atoms with Gasteiger partial charge in [-0.1, -0.05) is 45.4 Å². The summed E-state index contributed by atoms with van der Waals surface area (Å²) in [4.78, 5) is 10.8. The Balaban J connectivity index is 2.13. The first-order valence-corrected chi connectivity index (χ1v) is 8.73. The molecular formula is C15H25N3O2S. The van der Waals surface area contributed by atoms with Crippen molar-refractivity contribution < 1.29 is 9.90 Å². The van der Waals surface area contributed by atoms with E-state index in [1.54, 1.807) is 0 Å². The molecule has 5 nitrogen and oxygen atoms in total. The van der Waals surface area contributed by atoms with Crippen LogP contribution in [0.1, 0.15) is 58.2 Å². The molecule has 0 bridgehead atoms. The zero-order valence-corrected chi connectivity index (χ0v) is 13.9. The van der Waals surface area contributed by atoms with Gasteiger partial charge in [-0.25, -0.2) is 0 Å². The lowest BCUT2D eigenvalue weighted by Gasteiger charge is -2.28. The molecule has 0 amide bonds. The van der Waals surface area contributed by atoms with Crippen LogP contribution >= 0.6 is 11.8 Å². The summed E-state index contributed by atoms with van der Waals surface area (Å²) in [5, 5.41) is 18.1. The fraction of sp³-hybridized carbons (Fsp3) is 0.800. The van der Waals surface area contributed by atoms with Crippen molar-refractivity contribution in [2.45, 2.75) is 64.1 Å². The van der Waals surface area contributed by atoms with Gasteiger partial charge in [-0.3, -0.25) is 4.79 Å². The Morgan fingerprint density at radius 3 is 2.81 bits per heavy atom. The molecule has 1 aliphatic rings. The monoisotopic (exact) mass is 311 g/mol. The average Bonchev–Trinajstić information content (AvgIpc) is 2.79. The van der Waals surface area contributed by atoms with Gasteiger partial charge >= 0.3 is 5.97 Å². The van der Waals surface area contributed by atoms with Crippen molar-refractivity contribution in [1.82, 2.24) is 14.8 Å². The minimum atomic E-state index is -0.813. The van der Waals surface area contributed by atoms with Crippen molar-refractivity contribution in [3.05, 3.63) is 5.82 Å². The molecule has 0 aliphatic heterocycles. The van der Waals surface area contributed by atoms with Crippen LogP contribution in [0.5, 0.6) is 0 Å². The molecule has 1 saturated carbocycles. The van der Waals surface area contributed by atoms with E-state index in [1.165, 1.54) is 37.4 Å². The van der Waals surface area contributed by atoms with Gasteiger partial charge in [-0.2, -0.15) is 0 Å². The van der Waals surface area contributed by atoms with Crippen LogP contribution in [0.3, 0.4) is 0 Å². The van der Waals surface area contributed by atoms with E-state index >= 15 is 0 Å². The SMILES string of the molecule is CC1CCCC(Cn2c(SCC(=O)O)nnc2C(C)C)C1. The molecule has 1 N–H and O–H groups in total. The summed E-state index contributed by atoms with van der Waals surface area (Å²) in [5.41, 5.74) is 0. The van der Waals surface area contributed by atoms with E-state index in [2.05, 4.69) is 35.5 Å². The van der Waals surface area contributed by atoms with Crippen LogP contribution in [-0.2, 0) is 11.3 Å². The number of carboxylic acids is 1. The van der Waals surface area contributed by atoms with Crippen molar-refractivity contribution in [1.29, 1.82) is 0 Å².